The van der Waals surface area contributed by atoms with Crippen molar-refractivity contribution >= 4 is 11.8 Å². The fraction of sp³-hybridized carbons (Fsp3) is 0.688. The largest absolute Gasteiger partial charge is 0.469 e. The van der Waals surface area contributed by atoms with E-state index in [1.54, 1.807) is 20.8 Å². The van der Waals surface area contributed by atoms with Crippen LogP contribution in [0.4, 0.5) is 0 Å². The van der Waals surface area contributed by atoms with Gasteiger partial charge < -0.3 is 9.62 Å². The first-order chi connectivity index (χ1) is 10.2. The Hall–Kier alpha value is -1.87. The van der Waals surface area contributed by atoms with Crippen LogP contribution in [0.1, 0.15) is 46.5 Å². The van der Waals surface area contributed by atoms with Crippen molar-refractivity contribution in [1.82, 2.24) is 0 Å². The molecule has 0 aromatic carbocycles. The molecule has 0 aliphatic rings. The monoisotopic (exact) mass is 311 g/mol. The Morgan fingerprint density at radius 1 is 1.45 bits per heavy atom. The number of hydrogen-bond donors (Lipinski definition) is 1. The van der Waals surface area contributed by atoms with Crippen molar-refractivity contribution in [2.45, 2.75) is 46.5 Å². The van der Waals surface area contributed by atoms with Crippen molar-refractivity contribution in [3.8, 4) is 6.07 Å². The molecule has 3 unspecified atom stereocenters. The first-order valence-electron chi connectivity index (χ1n) is 7.24. The van der Waals surface area contributed by atoms with Gasteiger partial charge in [-0.05, 0) is 19.8 Å². The molecule has 0 aromatic heterocycles. The van der Waals surface area contributed by atoms with Crippen LogP contribution in [0.15, 0.2) is 12.3 Å². The number of esters is 1. The maximum absolute atomic E-state index is 12.1. The normalized spacial score (nSPS) is 15.8. The summed E-state index contributed by atoms with van der Waals surface area (Å²) in [6.45, 7) is 8.62. The fourth-order valence-corrected chi connectivity index (χ4v) is 2.51. The van der Waals surface area contributed by atoms with E-state index in [0.717, 1.165) is 0 Å². The topological polar surface area (TPSA) is 96.6 Å². The quantitative estimate of drug-likeness (QED) is 0.288. The van der Waals surface area contributed by atoms with E-state index >= 15 is 0 Å². The lowest BCUT2D eigenvalue weighted by Crippen LogP contribution is -2.28. The first kappa shape index (κ1) is 20.1. The van der Waals surface area contributed by atoms with E-state index in [2.05, 4.69) is 22.3 Å². The number of nitriles is 1. The molecule has 0 heterocycles. The SMILES string of the molecule is C=C(CC(C)(C#N)CC(CC(C)C(=O)OC)C(=O)CC)OO. The highest BCUT2D eigenvalue weighted by molar-refractivity contribution is 5.81. The summed E-state index contributed by atoms with van der Waals surface area (Å²) in [5.41, 5.74) is -0.912. The molecule has 0 spiro atoms. The first-order valence-corrected chi connectivity index (χ1v) is 7.24. The van der Waals surface area contributed by atoms with Crippen LogP contribution < -0.4 is 0 Å². The molecule has 22 heavy (non-hydrogen) atoms. The number of carbonyl (C=O) groups excluding carboxylic acids is 2. The molecule has 0 saturated carbocycles. The number of carbonyl (C=O) groups is 2. The van der Waals surface area contributed by atoms with E-state index in [9.17, 15) is 14.9 Å². The second-order valence-electron chi connectivity index (χ2n) is 5.86. The van der Waals surface area contributed by atoms with E-state index in [1.165, 1.54) is 7.11 Å². The van der Waals surface area contributed by atoms with Crippen LogP contribution in [-0.4, -0.2) is 24.1 Å². The van der Waals surface area contributed by atoms with Crippen molar-refractivity contribution < 1.29 is 24.5 Å². The number of rotatable bonds is 10. The highest BCUT2D eigenvalue weighted by Crippen LogP contribution is 2.35. The average Bonchev–Trinajstić information content (AvgIpc) is 2.52. The molecule has 3 atom stereocenters. The third-order valence-corrected chi connectivity index (χ3v) is 3.73. The van der Waals surface area contributed by atoms with Gasteiger partial charge in [0.15, 0.2) is 0 Å². The van der Waals surface area contributed by atoms with Crippen LogP contribution in [0.5, 0.6) is 0 Å². The van der Waals surface area contributed by atoms with E-state index < -0.39 is 17.3 Å². The molecule has 1 N–H and O–H groups in total. The summed E-state index contributed by atoms with van der Waals surface area (Å²) in [5, 5.41) is 18.0. The minimum Gasteiger partial charge on any atom is -0.469 e. The van der Waals surface area contributed by atoms with Gasteiger partial charge in [0.2, 0.25) is 0 Å². The summed E-state index contributed by atoms with van der Waals surface area (Å²) < 4.78 is 4.68. The zero-order valence-corrected chi connectivity index (χ0v) is 13.7. The zero-order valence-electron chi connectivity index (χ0n) is 13.7. The summed E-state index contributed by atoms with van der Waals surface area (Å²) in [6.07, 6.45) is 1.03. The lowest BCUT2D eigenvalue weighted by molar-refractivity contribution is -0.207. The molecular weight excluding hydrogens is 286 g/mol. The van der Waals surface area contributed by atoms with Gasteiger partial charge in [0.25, 0.3) is 0 Å². The maximum atomic E-state index is 12.1. The summed E-state index contributed by atoms with van der Waals surface area (Å²) in [4.78, 5) is 27.7. The number of hydrogen-bond acceptors (Lipinski definition) is 6. The molecule has 0 saturated heterocycles. The molecule has 124 valence electrons. The van der Waals surface area contributed by atoms with Crippen molar-refractivity contribution in [3.05, 3.63) is 12.3 Å². The van der Waals surface area contributed by atoms with Gasteiger partial charge in [0.05, 0.1) is 24.5 Å². The molecule has 0 fully saturated rings. The van der Waals surface area contributed by atoms with Gasteiger partial charge in [0.1, 0.15) is 11.5 Å². The third-order valence-electron chi connectivity index (χ3n) is 3.73. The Bertz CT molecular complexity index is 454. The van der Waals surface area contributed by atoms with Gasteiger partial charge in [-0.3, -0.25) is 9.59 Å². The fourth-order valence-electron chi connectivity index (χ4n) is 2.51. The number of Topliss-reactive ketones (excluding diaryl/α,β-unsaturated/α-hetero) is 1. The van der Waals surface area contributed by atoms with Crippen LogP contribution in [0.3, 0.4) is 0 Å². The van der Waals surface area contributed by atoms with Gasteiger partial charge in [-0.15, -0.1) is 0 Å². The number of methoxy groups -OCH3 is 1. The smallest absolute Gasteiger partial charge is 0.308 e. The average molecular weight is 311 g/mol. The molecule has 0 aliphatic carbocycles. The van der Waals surface area contributed by atoms with E-state index in [1.807, 2.05) is 0 Å². The predicted molar refractivity (Wildman–Crippen MR) is 80.4 cm³/mol. The van der Waals surface area contributed by atoms with Crippen LogP contribution >= 0.6 is 0 Å². The minimum atomic E-state index is -0.912. The lowest BCUT2D eigenvalue weighted by Gasteiger charge is -2.27. The number of nitrogens with zero attached hydrogens (tertiary/aromatic N) is 1. The molecule has 0 aromatic rings. The molecule has 0 aliphatic heterocycles. The molecular formula is C16H25NO5. The Balaban J connectivity index is 5.12. The highest BCUT2D eigenvalue weighted by Gasteiger charge is 2.34. The van der Waals surface area contributed by atoms with Gasteiger partial charge in [-0.2, -0.15) is 5.26 Å². The maximum Gasteiger partial charge on any atom is 0.308 e. The standard InChI is InChI=1S/C16H25NO5/c1-6-14(18)13(7-11(2)15(19)21-5)9-16(4,10-17)8-12(3)22-20/h11,13,20H,3,6-9H2,1-2,4-5H3. The van der Waals surface area contributed by atoms with Crippen LogP contribution in [0.2, 0.25) is 0 Å². The number of allylic oxidation sites excluding steroid dienone is 1. The van der Waals surface area contributed by atoms with Crippen molar-refractivity contribution in [2.24, 2.45) is 17.3 Å². The zero-order chi connectivity index (χ0) is 17.3. The van der Waals surface area contributed by atoms with Gasteiger partial charge in [-0.1, -0.05) is 20.4 Å². The predicted octanol–water partition coefficient (Wildman–Crippen LogP) is 3.09. The summed E-state index contributed by atoms with van der Waals surface area (Å²) in [6, 6.07) is 2.15. The summed E-state index contributed by atoms with van der Waals surface area (Å²) in [7, 11) is 1.30. The van der Waals surface area contributed by atoms with Crippen molar-refractivity contribution in [2.75, 3.05) is 7.11 Å². The van der Waals surface area contributed by atoms with E-state index in [0.29, 0.717) is 12.8 Å². The molecule has 0 amide bonds. The molecule has 6 heteroatoms. The highest BCUT2D eigenvalue weighted by atomic mass is 17.1. The second-order valence-corrected chi connectivity index (χ2v) is 5.86. The number of ether oxygens (including phenoxy) is 1. The van der Waals surface area contributed by atoms with Gasteiger partial charge in [-0.25, -0.2) is 5.26 Å². The number of ketones is 1. The van der Waals surface area contributed by atoms with Gasteiger partial charge >= 0.3 is 5.97 Å². The second kappa shape index (κ2) is 9.21. The van der Waals surface area contributed by atoms with Gasteiger partial charge in [0, 0.05) is 18.8 Å². The van der Waals surface area contributed by atoms with Crippen LogP contribution in [0.25, 0.3) is 0 Å². The molecule has 6 nitrogen and oxygen atoms in total. The van der Waals surface area contributed by atoms with Crippen molar-refractivity contribution in [3.63, 3.8) is 0 Å². The molecule has 0 radical (unpaired) electrons. The molecule has 0 bridgehead atoms. The van der Waals surface area contributed by atoms with Crippen LogP contribution in [-0.2, 0) is 19.2 Å². The van der Waals surface area contributed by atoms with E-state index in [4.69, 9.17) is 5.26 Å². The Kier molecular flexibility index (Phi) is 8.43. The minimum absolute atomic E-state index is 0.00671. The summed E-state index contributed by atoms with van der Waals surface area (Å²) >= 11 is 0. The lowest BCUT2D eigenvalue weighted by atomic mass is 9.75. The Labute approximate surface area is 131 Å². The van der Waals surface area contributed by atoms with Crippen molar-refractivity contribution in [1.29, 1.82) is 5.26 Å². The van der Waals surface area contributed by atoms with Crippen LogP contribution in [0, 0.1) is 28.6 Å². The Morgan fingerprint density at radius 2 is 2.05 bits per heavy atom. The van der Waals surface area contributed by atoms with E-state index in [-0.39, 0.29) is 30.4 Å². The Morgan fingerprint density at radius 3 is 2.45 bits per heavy atom. The third kappa shape index (κ3) is 6.27. The molecule has 0 rings (SSSR count). The summed E-state index contributed by atoms with van der Waals surface area (Å²) in [5.74, 6) is -1.18.